The Morgan fingerprint density at radius 1 is 1.18 bits per heavy atom. The number of thioether (sulfide) groups is 1. The summed E-state index contributed by atoms with van der Waals surface area (Å²) in [6.45, 7) is 3.67. The minimum Gasteiger partial charge on any atom is -0.626 e. The summed E-state index contributed by atoms with van der Waals surface area (Å²) in [7, 11) is 1.52. The van der Waals surface area contributed by atoms with Crippen LogP contribution in [0.15, 0.2) is 63.6 Å². The minimum atomic E-state index is -0.711. The van der Waals surface area contributed by atoms with Gasteiger partial charge in [-0.2, -0.15) is 0 Å². The molecule has 0 aliphatic carbocycles. The lowest BCUT2D eigenvalue weighted by Crippen LogP contribution is -2.52. The number of hydrogen-bond acceptors (Lipinski definition) is 8. The Labute approximate surface area is 200 Å². The molecule has 0 radical (unpaired) electrons. The van der Waals surface area contributed by atoms with Crippen molar-refractivity contribution in [2.45, 2.75) is 26.1 Å². The first-order valence-electron chi connectivity index (χ1n) is 10.5. The van der Waals surface area contributed by atoms with E-state index in [2.05, 4.69) is 10.2 Å². The summed E-state index contributed by atoms with van der Waals surface area (Å²) in [5.74, 6) is 0.557. The molecule has 1 atom stereocenters. The van der Waals surface area contributed by atoms with E-state index < -0.39 is 9.57 Å². The molecule has 0 spiro atoms. The number of carbonyl (C=O) groups is 1. The maximum Gasteiger partial charge on any atom is 0.272 e. The van der Waals surface area contributed by atoms with Crippen molar-refractivity contribution in [1.82, 2.24) is 15.1 Å². The number of aryl methyl sites for hydroxylation is 1. The Hall–Kier alpha value is -3.54. The van der Waals surface area contributed by atoms with Crippen molar-refractivity contribution in [2.24, 2.45) is 0 Å². The van der Waals surface area contributed by atoms with Gasteiger partial charge in [0.05, 0.1) is 29.8 Å². The van der Waals surface area contributed by atoms with Crippen molar-refractivity contribution < 1.29 is 18.8 Å². The number of aromatic nitrogens is 2. The summed E-state index contributed by atoms with van der Waals surface area (Å²) in [5.41, 5.74) is 2.42. The largest absolute Gasteiger partial charge is 0.626 e. The number of rotatable bonds is 7. The number of nitro groups is 1. The summed E-state index contributed by atoms with van der Waals surface area (Å²) < 4.78 is 5.00. The summed E-state index contributed by atoms with van der Waals surface area (Å²) >= 11 is 1.20. The van der Waals surface area contributed by atoms with E-state index in [0.29, 0.717) is 28.3 Å². The van der Waals surface area contributed by atoms with Crippen LogP contribution >= 0.6 is 11.8 Å². The van der Waals surface area contributed by atoms with Crippen LogP contribution in [0.5, 0.6) is 0 Å². The van der Waals surface area contributed by atoms with Gasteiger partial charge in [-0.05, 0) is 31.5 Å². The molecular formula is C23H23N5O5S. The van der Waals surface area contributed by atoms with E-state index in [1.165, 1.54) is 24.9 Å². The normalized spacial score (nSPS) is 18.5. The van der Waals surface area contributed by atoms with Gasteiger partial charge in [0.1, 0.15) is 0 Å². The molecular weight excluding hydrogens is 458 g/mol. The molecule has 4 rings (SSSR count). The number of hydroxylamine groups is 3. The van der Waals surface area contributed by atoms with Crippen molar-refractivity contribution in [3.8, 4) is 11.5 Å². The van der Waals surface area contributed by atoms with Gasteiger partial charge in [-0.25, -0.2) is 0 Å². The van der Waals surface area contributed by atoms with E-state index in [-0.39, 0.29) is 35.8 Å². The number of nitro benzene ring substituents is 1. The molecule has 1 amide bonds. The van der Waals surface area contributed by atoms with Gasteiger partial charge in [0.15, 0.2) is 11.7 Å². The first-order valence-corrected chi connectivity index (χ1v) is 11.5. The quantitative estimate of drug-likeness (QED) is 0.211. The average Bonchev–Trinajstić information content (AvgIpc) is 3.26. The maximum absolute atomic E-state index is 13.3. The zero-order valence-corrected chi connectivity index (χ0v) is 19.7. The molecule has 176 valence electrons. The molecule has 0 N–H and O–H groups in total. The van der Waals surface area contributed by atoms with E-state index in [9.17, 15) is 20.1 Å². The number of nitrogens with zero attached hydrogens (tertiary/aromatic N) is 5. The van der Waals surface area contributed by atoms with Gasteiger partial charge in [0.25, 0.3) is 11.6 Å². The number of carbonyl (C=O) groups excluding carboxylic acids is 1. The van der Waals surface area contributed by atoms with Crippen LogP contribution < -0.4 is 0 Å². The molecule has 2 aromatic carbocycles. The van der Waals surface area contributed by atoms with Crippen LogP contribution in [0.3, 0.4) is 0 Å². The van der Waals surface area contributed by atoms with E-state index in [1.54, 1.807) is 30.9 Å². The smallest absolute Gasteiger partial charge is 0.272 e. The fourth-order valence-corrected chi connectivity index (χ4v) is 4.87. The van der Waals surface area contributed by atoms with Crippen molar-refractivity contribution in [2.75, 3.05) is 13.7 Å². The minimum absolute atomic E-state index is 0.00452. The molecule has 1 aliphatic rings. The van der Waals surface area contributed by atoms with Crippen LogP contribution in [0.4, 0.5) is 5.69 Å². The first-order chi connectivity index (χ1) is 16.2. The zero-order chi connectivity index (χ0) is 24.5. The van der Waals surface area contributed by atoms with Gasteiger partial charge in [-0.3, -0.25) is 19.8 Å². The number of hydrogen-bond donors (Lipinski definition) is 0. The summed E-state index contributed by atoms with van der Waals surface area (Å²) in [6, 6.07) is 14.1. The molecule has 1 aromatic heterocycles. The fraction of sp³-hybridized carbons (Fsp3) is 0.261. The van der Waals surface area contributed by atoms with E-state index in [1.807, 2.05) is 30.3 Å². The molecule has 0 bridgehead atoms. The topological polar surface area (TPSA) is 125 Å². The van der Waals surface area contributed by atoms with Gasteiger partial charge < -0.3 is 14.3 Å². The van der Waals surface area contributed by atoms with Crippen molar-refractivity contribution in [3.63, 3.8) is 0 Å². The molecule has 1 unspecified atom stereocenters. The zero-order valence-electron chi connectivity index (χ0n) is 18.9. The molecule has 2 heterocycles. The van der Waals surface area contributed by atoms with Crippen LogP contribution in [0.1, 0.15) is 23.9 Å². The number of quaternary nitrogens is 1. The van der Waals surface area contributed by atoms with Gasteiger partial charge in [-0.1, -0.05) is 42.1 Å². The van der Waals surface area contributed by atoms with Crippen LogP contribution in [0, 0.1) is 22.2 Å². The summed E-state index contributed by atoms with van der Waals surface area (Å²) in [4.78, 5) is 25.1. The second-order valence-electron chi connectivity index (χ2n) is 8.21. The van der Waals surface area contributed by atoms with Gasteiger partial charge in [-0.15, -0.1) is 10.2 Å². The van der Waals surface area contributed by atoms with Gasteiger partial charge >= 0.3 is 0 Å². The molecule has 0 saturated heterocycles. The number of benzene rings is 2. The second kappa shape index (κ2) is 9.37. The third-order valence-corrected chi connectivity index (χ3v) is 6.81. The van der Waals surface area contributed by atoms with E-state index >= 15 is 0 Å². The molecule has 0 saturated carbocycles. The van der Waals surface area contributed by atoms with Crippen LogP contribution in [-0.2, 0) is 17.1 Å². The van der Waals surface area contributed by atoms with Crippen LogP contribution in [0.2, 0.25) is 0 Å². The highest BCUT2D eigenvalue weighted by molar-refractivity contribution is 8.02. The van der Waals surface area contributed by atoms with Gasteiger partial charge in [0, 0.05) is 17.2 Å². The third kappa shape index (κ3) is 4.86. The SMILES string of the molecule is CC1=C(SCc2nnc(-c3ccc([N+](=O)[O-])c(C)c3)o2)[N+](C)([O-])CN(Cc2ccccc2)C1=O. The highest BCUT2D eigenvalue weighted by Gasteiger charge is 2.36. The third-order valence-electron chi connectivity index (χ3n) is 5.45. The Morgan fingerprint density at radius 2 is 1.91 bits per heavy atom. The Morgan fingerprint density at radius 3 is 2.59 bits per heavy atom. The van der Waals surface area contributed by atoms with Crippen molar-refractivity contribution in [1.29, 1.82) is 0 Å². The molecule has 3 aromatic rings. The van der Waals surface area contributed by atoms with Crippen molar-refractivity contribution in [3.05, 3.63) is 91.5 Å². The van der Waals surface area contributed by atoms with Crippen molar-refractivity contribution >= 4 is 23.4 Å². The lowest BCUT2D eigenvalue weighted by molar-refractivity contribution is -0.825. The summed E-state index contributed by atoms with van der Waals surface area (Å²) in [6.07, 6.45) is 0. The predicted molar refractivity (Wildman–Crippen MR) is 127 cm³/mol. The molecule has 11 heteroatoms. The Balaban J connectivity index is 1.48. The number of amides is 1. The molecule has 1 aliphatic heterocycles. The monoisotopic (exact) mass is 481 g/mol. The lowest BCUT2D eigenvalue weighted by atomic mass is 10.1. The van der Waals surface area contributed by atoms with Gasteiger partial charge in [0.2, 0.25) is 11.8 Å². The highest BCUT2D eigenvalue weighted by Crippen LogP contribution is 2.36. The highest BCUT2D eigenvalue weighted by atomic mass is 32.2. The Bertz CT molecular complexity index is 1270. The fourth-order valence-electron chi connectivity index (χ4n) is 3.86. The summed E-state index contributed by atoms with van der Waals surface area (Å²) in [5, 5.41) is 32.8. The maximum atomic E-state index is 13.3. The second-order valence-corrected chi connectivity index (χ2v) is 9.17. The molecule has 10 nitrogen and oxygen atoms in total. The molecule has 0 fully saturated rings. The Kier molecular flexibility index (Phi) is 6.51. The first kappa shape index (κ1) is 23.6. The molecule has 34 heavy (non-hydrogen) atoms. The average molecular weight is 482 g/mol. The van der Waals surface area contributed by atoms with E-state index in [4.69, 9.17) is 4.42 Å². The van der Waals surface area contributed by atoms with Crippen LogP contribution in [-0.4, -0.2) is 44.3 Å². The van der Waals surface area contributed by atoms with Crippen LogP contribution in [0.25, 0.3) is 11.5 Å². The van der Waals surface area contributed by atoms with E-state index in [0.717, 1.165) is 5.56 Å². The standard InChI is InChI=1S/C23H23N5O5S/c1-15-11-18(9-10-19(15)27(30)31)21-25-24-20(33-21)13-34-23-16(2)22(29)26(14-28(23,3)32)12-17-7-5-4-6-8-17/h4-11H,12-14H2,1-3H3. The predicted octanol–water partition coefficient (Wildman–Crippen LogP) is 4.36. The lowest BCUT2D eigenvalue weighted by Gasteiger charge is -2.46.